The maximum atomic E-state index is 10.1. The Balaban J connectivity index is -0.000000333. The summed E-state index contributed by atoms with van der Waals surface area (Å²) in [5.41, 5.74) is 0. The Morgan fingerprint density at radius 3 is 1.77 bits per heavy atom. The zero-order chi connectivity index (χ0) is 7.78. The summed E-state index contributed by atoms with van der Waals surface area (Å²) in [5.74, 6) is -3.49. The zero-order valence-electron chi connectivity index (χ0n) is 6.56. The first kappa shape index (κ1) is 19.3. The molecule has 7 nitrogen and oxygen atoms in total. The predicted octanol–water partition coefficient (Wildman–Crippen LogP) is -1.83. The van der Waals surface area contributed by atoms with Gasteiger partial charge in [-0.15, -0.1) is 9.78 Å². The van der Waals surface area contributed by atoms with Crippen LogP contribution in [0.4, 0.5) is 0 Å². The summed E-state index contributed by atoms with van der Waals surface area (Å²) in [6.07, 6.45) is -2.48. The number of hydrogen-bond donors (Lipinski definition) is 2. The molecule has 0 aromatic carbocycles. The summed E-state index contributed by atoms with van der Waals surface area (Å²) >= 11 is 0. The van der Waals surface area contributed by atoms with Crippen molar-refractivity contribution < 1.29 is 92.7 Å². The molecule has 1 heterocycles. The van der Waals surface area contributed by atoms with E-state index in [1.165, 1.54) is 0 Å². The van der Waals surface area contributed by atoms with Crippen molar-refractivity contribution in [1.82, 2.24) is 0 Å². The Morgan fingerprint density at radius 1 is 1.15 bits per heavy atom. The fourth-order valence-corrected chi connectivity index (χ4v) is 0.230. The summed E-state index contributed by atoms with van der Waals surface area (Å²) in [6, 6.07) is 0. The van der Waals surface area contributed by atoms with Crippen LogP contribution in [-0.4, -0.2) is 28.3 Å². The Kier molecular flexibility index (Phi) is 10.5. The number of hydrogen-bond acceptors (Lipinski definition) is 6. The van der Waals surface area contributed by atoms with E-state index in [0.717, 1.165) is 0 Å². The summed E-state index contributed by atoms with van der Waals surface area (Å²) in [5, 5.41) is 16.3. The topological polar surface area (TPSA) is 109 Å². The average Bonchev–Trinajstić information content (AvgIpc) is 2.47. The molecule has 0 aromatic rings. The number of rotatable bonds is 1. The molecule has 0 saturated carbocycles. The van der Waals surface area contributed by atoms with Gasteiger partial charge in [-0.05, 0) is 0 Å². The van der Waals surface area contributed by atoms with Crippen LogP contribution < -0.4 is 0 Å². The average molecular weight is 346 g/mol. The predicted molar refractivity (Wildman–Crippen MR) is 20.8 cm³/mol. The zero-order valence-corrected chi connectivity index (χ0v) is 15.5. The maximum absolute atomic E-state index is 10.1. The first-order valence-electron chi connectivity index (χ1n) is 2.09. The van der Waals surface area contributed by atoms with Crippen molar-refractivity contribution in [3.8, 4) is 0 Å². The third-order valence-corrected chi connectivity index (χ3v) is 0.622. The number of carbonyl (C=O) groups is 2. The molecule has 10 heteroatoms. The second-order valence-corrected chi connectivity index (χ2v) is 1.39. The third-order valence-electron chi connectivity index (χ3n) is 0.622. The van der Waals surface area contributed by atoms with Gasteiger partial charge in [-0.25, -0.2) is 9.59 Å². The van der Waals surface area contributed by atoms with Gasteiger partial charge < -0.3 is 14.9 Å². The van der Waals surface area contributed by atoms with E-state index in [1.54, 1.807) is 0 Å². The summed E-state index contributed by atoms with van der Waals surface area (Å²) in [6.45, 7) is 0. The molecule has 0 spiro atoms. The van der Waals surface area contributed by atoms with Crippen LogP contribution in [0.5, 0.6) is 0 Å². The van der Waals surface area contributed by atoms with Gasteiger partial charge in [-0.2, -0.15) is 0 Å². The van der Waals surface area contributed by atoms with Gasteiger partial charge in [0.25, 0.3) is 0 Å². The molecule has 1 rings (SSSR count). The van der Waals surface area contributed by atoms with E-state index in [-0.39, 0.29) is 58.4 Å². The maximum Gasteiger partial charge on any atom is 0.515 e. The summed E-state index contributed by atoms with van der Waals surface area (Å²) in [4.78, 5) is 27.1. The Labute approximate surface area is 110 Å². The van der Waals surface area contributed by atoms with Gasteiger partial charge in [-0.3, -0.25) is 0 Å². The molecular weight excluding hydrogens is 344 g/mol. The standard InChI is InChI=1S/C3H2O7.3Zn/c4-1(5)2(6)8-3(7)9-10-3;;;/h7H,(H,4,5);;;. The summed E-state index contributed by atoms with van der Waals surface area (Å²) in [7, 11) is 0. The second kappa shape index (κ2) is 7.04. The van der Waals surface area contributed by atoms with Crippen molar-refractivity contribution in [2.45, 2.75) is 6.16 Å². The number of carbonyl (C=O) groups excluding carboxylic acids is 1. The van der Waals surface area contributed by atoms with Crippen molar-refractivity contribution in [3.63, 3.8) is 0 Å². The van der Waals surface area contributed by atoms with Crippen LogP contribution in [-0.2, 0) is 82.5 Å². The Hall–Kier alpha value is 0.690. The minimum atomic E-state index is -2.48. The molecule has 1 fully saturated rings. The van der Waals surface area contributed by atoms with E-state index in [0.29, 0.717) is 0 Å². The molecule has 0 radical (unpaired) electrons. The number of carboxylic acid groups (broad SMARTS) is 1. The molecule has 0 unspecified atom stereocenters. The molecular formula is C3H2O7Zn3. The minimum absolute atomic E-state index is 0. The van der Waals surface area contributed by atoms with Crippen LogP contribution >= 0.6 is 0 Å². The Morgan fingerprint density at radius 2 is 1.54 bits per heavy atom. The Bertz CT molecular complexity index is 189. The fourth-order valence-electron chi connectivity index (χ4n) is 0.230. The van der Waals surface area contributed by atoms with Gasteiger partial charge in [0.05, 0.1) is 0 Å². The van der Waals surface area contributed by atoms with Crippen molar-refractivity contribution in [2.75, 3.05) is 0 Å². The molecule has 1 aliphatic heterocycles. The van der Waals surface area contributed by atoms with Crippen molar-refractivity contribution in [3.05, 3.63) is 0 Å². The van der Waals surface area contributed by atoms with Gasteiger partial charge in [0, 0.05) is 58.4 Å². The molecule has 0 aliphatic carbocycles. The van der Waals surface area contributed by atoms with E-state index in [2.05, 4.69) is 14.5 Å². The monoisotopic (exact) mass is 342 g/mol. The number of ether oxygens (including phenoxy) is 1. The van der Waals surface area contributed by atoms with Gasteiger partial charge in [-0.1, -0.05) is 0 Å². The van der Waals surface area contributed by atoms with Crippen LogP contribution in [0.1, 0.15) is 0 Å². The molecule has 0 aromatic heterocycles. The molecule has 0 amide bonds. The van der Waals surface area contributed by atoms with Crippen LogP contribution in [0, 0.1) is 0 Å². The summed E-state index contributed by atoms with van der Waals surface area (Å²) < 4.78 is 3.68. The van der Waals surface area contributed by atoms with E-state index in [4.69, 9.17) is 10.2 Å². The van der Waals surface area contributed by atoms with E-state index < -0.39 is 18.1 Å². The van der Waals surface area contributed by atoms with E-state index in [9.17, 15) is 9.59 Å². The first-order chi connectivity index (χ1) is 4.53. The molecule has 0 bridgehead atoms. The van der Waals surface area contributed by atoms with Crippen molar-refractivity contribution >= 4 is 11.9 Å². The second-order valence-electron chi connectivity index (χ2n) is 1.39. The van der Waals surface area contributed by atoms with Crippen LogP contribution in [0.3, 0.4) is 0 Å². The molecule has 1 aliphatic rings. The van der Waals surface area contributed by atoms with Crippen molar-refractivity contribution in [1.29, 1.82) is 0 Å². The van der Waals surface area contributed by atoms with Gasteiger partial charge in [0.1, 0.15) is 0 Å². The van der Waals surface area contributed by atoms with Crippen molar-refractivity contribution in [2.24, 2.45) is 0 Å². The SMILES string of the molecule is O=C(O)C(=O)OC1(O)OO1.[Zn].[Zn].[Zn]. The molecule has 0 atom stereocenters. The first-order valence-corrected chi connectivity index (χ1v) is 2.09. The largest absolute Gasteiger partial charge is 0.515 e. The van der Waals surface area contributed by atoms with E-state index >= 15 is 0 Å². The smallest absolute Gasteiger partial charge is 0.473 e. The minimum Gasteiger partial charge on any atom is -0.473 e. The van der Waals surface area contributed by atoms with Gasteiger partial charge in [0.15, 0.2) is 0 Å². The van der Waals surface area contributed by atoms with E-state index in [1.807, 2.05) is 0 Å². The van der Waals surface area contributed by atoms with Crippen LogP contribution in [0.25, 0.3) is 0 Å². The third kappa shape index (κ3) is 6.72. The molecule has 13 heavy (non-hydrogen) atoms. The number of aliphatic carboxylic acids is 1. The van der Waals surface area contributed by atoms with Crippen LogP contribution in [0.2, 0.25) is 0 Å². The van der Waals surface area contributed by atoms with Crippen LogP contribution in [0.15, 0.2) is 0 Å². The normalized spacial score (nSPS) is 15.2. The molecule has 2 N–H and O–H groups in total. The molecule has 1 saturated heterocycles. The van der Waals surface area contributed by atoms with Gasteiger partial charge in [0.2, 0.25) is 0 Å². The quantitative estimate of drug-likeness (QED) is 0.144. The number of carboxylic acids is 1. The fraction of sp³-hybridized carbons (Fsp3) is 0.333. The number of aliphatic hydroxyl groups is 1. The molecule has 62 valence electrons. The number of esters is 1. The van der Waals surface area contributed by atoms with Gasteiger partial charge >= 0.3 is 18.1 Å².